The summed E-state index contributed by atoms with van der Waals surface area (Å²) in [4.78, 5) is 0. The van der Waals surface area contributed by atoms with Crippen molar-refractivity contribution >= 4 is 22.6 Å². The second kappa shape index (κ2) is 5.43. The largest absolute Gasteiger partial charge is 0.0622 e. The Morgan fingerprint density at radius 2 is 1.28 bits per heavy atom. The van der Waals surface area contributed by atoms with Crippen molar-refractivity contribution < 1.29 is 0 Å². The van der Waals surface area contributed by atoms with Gasteiger partial charge >= 0.3 is 0 Å². The highest BCUT2D eigenvalue weighted by Crippen LogP contribution is 2.40. The topological polar surface area (TPSA) is 0 Å². The monoisotopic (exact) mass is 350 g/mol. The van der Waals surface area contributed by atoms with Crippen molar-refractivity contribution in [2.75, 3.05) is 0 Å². The summed E-state index contributed by atoms with van der Waals surface area (Å²) in [5.41, 5.74) is 3.01. The lowest BCUT2D eigenvalue weighted by molar-refractivity contribution is 0.358. The molecule has 0 nitrogen and oxygen atoms in total. The first-order chi connectivity index (χ1) is 8.48. The molecule has 0 aliphatic carbocycles. The Labute approximate surface area is 124 Å². The van der Waals surface area contributed by atoms with Gasteiger partial charge in [0.1, 0.15) is 0 Å². The number of hydrogen-bond donors (Lipinski definition) is 0. The maximum absolute atomic E-state index is 2.36. The van der Waals surface area contributed by atoms with Gasteiger partial charge in [0.2, 0.25) is 0 Å². The molecule has 94 valence electrons. The van der Waals surface area contributed by atoms with Gasteiger partial charge in [-0.25, -0.2) is 0 Å². The lowest BCUT2D eigenvalue weighted by Crippen LogP contribution is -2.19. The van der Waals surface area contributed by atoms with E-state index in [1.54, 1.807) is 0 Å². The van der Waals surface area contributed by atoms with Gasteiger partial charge in [-0.2, -0.15) is 0 Å². The van der Waals surface area contributed by atoms with Gasteiger partial charge in [-0.3, -0.25) is 0 Å². The van der Waals surface area contributed by atoms with Crippen LogP contribution in [0.5, 0.6) is 0 Å². The van der Waals surface area contributed by atoms with Crippen molar-refractivity contribution in [3.8, 4) is 0 Å². The highest BCUT2D eigenvalue weighted by atomic mass is 127. The zero-order valence-corrected chi connectivity index (χ0v) is 13.3. The molecule has 1 unspecified atom stereocenters. The van der Waals surface area contributed by atoms with Gasteiger partial charge in [-0.15, -0.1) is 0 Å². The Morgan fingerprint density at radius 3 is 1.78 bits per heavy atom. The molecule has 2 aromatic carbocycles. The van der Waals surface area contributed by atoms with Crippen molar-refractivity contribution in [3.63, 3.8) is 0 Å². The Balaban J connectivity index is 2.47. The van der Waals surface area contributed by atoms with E-state index in [1.165, 1.54) is 14.7 Å². The van der Waals surface area contributed by atoms with Crippen LogP contribution in [0.4, 0.5) is 0 Å². The van der Waals surface area contributed by atoms with Gasteiger partial charge in [-0.1, -0.05) is 63.2 Å². The molecule has 1 heteroatoms. The Kier molecular flexibility index (Phi) is 4.10. The minimum Gasteiger partial charge on any atom is -0.0622 e. The molecular weight excluding hydrogens is 331 g/mol. The van der Waals surface area contributed by atoms with Gasteiger partial charge in [0, 0.05) is 9.49 Å². The van der Waals surface area contributed by atoms with Crippen LogP contribution in [0.1, 0.15) is 37.8 Å². The molecule has 0 fully saturated rings. The number of hydrogen-bond acceptors (Lipinski definition) is 0. The average molecular weight is 350 g/mol. The molecule has 0 aromatic heterocycles. The first-order valence-electron chi connectivity index (χ1n) is 6.29. The van der Waals surface area contributed by atoms with Crippen LogP contribution < -0.4 is 0 Å². The molecule has 0 bridgehead atoms. The van der Waals surface area contributed by atoms with E-state index in [0.29, 0.717) is 5.92 Å². The van der Waals surface area contributed by atoms with Gasteiger partial charge in [0.05, 0.1) is 0 Å². The average Bonchev–Trinajstić information content (AvgIpc) is 2.32. The summed E-state index contributed by atoms with van der Waals surface area (Å²) in [5, 5.41) is 0. The zero-order valence-electron chi connectivity index (χ0n) is 11.2. The molecule has 0 heterocycles. The molecule has 1 atom stereocenters. The molecule has 2 rings (SSSR count). The van der Waals surface area contributed by atoms with E-state index in [1.807, 2.05) is 0 Å². The fourth-order valence-electron chi connectivity index (χ4n) is 2.49. The fourth-order valence-corrected chi connectivity index (χ4v) is 2.85. The van der Waals surface area contributed by atoms with Crippen LogP contribution in [0.3, 0.4) is 0 Å². The fraction of sp³-hybridized carbons (Fsp3) is 0.294. The predicted octanol–water partition coefficient (Wildman–Crippen LogP) is 5.47. The Hall–Kier alpha value is -0.830. The van der Waals surface area contributed by atoms with Crippen molar-refractivity contribution in [2.24, 2.45) is 5.41 Å². The van der Waals surface area contributed by atoms with Crippen LogP contribution in [0.2, 0.25) is 0 Å². The second-order valence-corrected chi connectivity index (χ2v) is 7.01. The maximum Gasteiger partial charge on any atom is 0.0138 e. The highest BCUT2D eigenvalue weighted by molar-refractivity contribution is 14.1. The predicted molar refractivity (Wildman–Crippen MR) is 86.9 cm³/mol. The molecule has 0 N–H and O–H groups in total. The third-order valence-electron chi connectivity index (χ3n) is 3.20. The Morgan fingerprint density at radius 1 is 0.778 bits per heavy atom. The summed E-state index contributed by atoms with van der Waals surface area (Å²) in [5.74, 6) is 0.440. The molecule has 18 heavy (non-hydrogen) atoms. The third kappa shape index (κ3) is 3.14. The molecule has 0 saturated heterocycles. The zero-order chi connectivity index (χ0) is 13.2. The summed E-state index contributed by atoms with van der Waals surface area (Å²) < 4.78 is 1.29. The molecule has 0 aliphatic heterocycles. The Bertz CT molecular complexity index is 491. The lowest BCUT2D eigenvalue weighted by Gasteiger charge is -2.31. The quantitative estimate of drug-likeness (QED) is 0.630. The van der Waals surface area contributed by atoms with E-state index in [4.69, 9.17) is 0 Å². The van der Waals surface area contributed by atoms with E-state index >= 15 is 0 Å². The van der Waals surface area contributed by atoms with Crippen LogP contribution in [-0.4, -0.2) is 0 Å². The second-order valence-electron chi connectivity index (χ2n) is 5.76. The molecular formula is C17H19I. The van der Waals surface area contributed by atoms with E-state index in [0.717, 1.165) is 0 Å². The summed E-state index contributed by atoms with van der Waals surface area (Å²) in [7, 11) is 0. The minimum absolute atomic E-state index is 0.216. The summed E-state index contributed by atoms with van der Waals surface area (Å²) >= 11 is 2.36. The lowest BCUT2D eigenvalue weighted by atomic mass is 9.73. The van der Waals surface area contributed by atoms with Crippen LogP contribution in [0.15, 0.2) is 54.6 Å². The first kappa shape index (κ1) is 13.6. The molecule has 0 spiro atoms. The van der Waals surface area contributed by atoms with Crippen LogP contribution in [0.25, 0.3) is 0 Å². The third-order valence-corrected chi connectivity index (χ3v) is 3.92. The molecule has 0 saturated carbocycles. The first-order valence-corrected chi connectivity index (χ1v) is 7.37. The minimum atomic E-state index is 0.216. The number of rotatable bonds is 2. The number of halogens is 1. The van der Waals surface area contributed by atoms with Crippen molar-refractivity contribution in [1.82, 2.24) is 0 Å². The summed E-state index contributed by atoms with van der Waals surface area (Å²) in [6.07, 6.45) is 0. The van der Waals surface area contributed by atoms with Crippen LogP contribution in [0, 0.1) is 8.99 Å². The van der Waals surface area contributed by atoms with Gasteiger partial charge in [0.25, 0.3) is 0 Å². The maximum atomic E-state index is 2.36. The standard InChI is InChI=1S/C17H19I/c1-17(2,3)16(13-7-5-4-6-8-13)14-9-11-15(18)12-10-14/h4-12,16H,1-3H3. The van der Waals surface area contributed by atoms with Crippen LogP contribution in [-0.2, 0) is 0 Å². The van der Waals surface area contributed by atoms with Gasteiger partial charge < -0.3 is 0 Å². The highest BCUT2D eigenvalue weighted by Gasteiger charge is 2.27. The van der Waals surface area contributed by atoms with Gasteiger partial charge in [0.15, 0.2) is 0 Å². The van der Waals surface area contributed by atoms with E-state index in [9.17, 15) is 0 Å². The van der Waals surface area contributed by atoms with E-state index in [-0.39, 0.29) is 5.41 Å². The molecule has 0 aliphatic rings. The SMILES string of the molecule is CC(C)(C)C(c1ccccc1)c1ccc(I)cc1. The molecule has 2 aromatic rings. The molecule has 0 amide bonds. The molecule has 0 radical (unpaired) electrons. The summed E-state index contributed by atoms with van der Waals surface area (Å²) in [6, 6.07) is 19.7. The van der Waals surface area contributed by atoms with Crippen molar-refractivity contribution in [1.29, 1.82) is 0 Å². The van der Waals surface area contributed by atoms with Crippen molar-refractivity contribution in [3.05, 3.63) is 69.3 Å². The number of benzene rings is 2. The normalized spacial score (nSPS) is 13.3. The van der Waals surface area contributed by atoms with Crippen molar-refractivity contribution in [2.45, 2.75) is 26.7 Å². The summed E-state index contributed by atoms with van der Waals surface area (Å²) in [6.45, 7) is 6.92. The van der Waals surface area contributed by atoms with Crippen LogP contribution >= 0.6 is 22.6 Å². The van der Waals surface area contributed by atoms with E-state index < -0.39 is 0 Å². The van der Waals surface area contributed by atoms with E-state index in [2.05, 4.69) is 98.0 Å². The van der Waals surface area contributed by atoms with Gasteiger partial charge in [-0.05, 0) is 51.3 Å². The smallest absolute Gasteiger partial charge is 0.0138 e.